The fraction of sp³-hybridized carbons (Fsp3) is 0.294. The number of benzene rings is 2. The highest BCUT2D eigenvalue weighted by atomic mass is 16.3. The molecule has 0 aliphatic rings. The molecule has 2 rings (SSSR count). The third kappa shape index (κ3) is 3.66. The average molecular weight is 255 g/mol. The third-order valence-corrected chi connectivity index (χ3v) is 3.51. The summed E-state index contributed by atoms with van der Waals surface area (Å²) in [5.74, 6) is 0. The van der Waals surface area contributed by atoms with Crippen molar-refractivity contribution in [2.24, 2.45) is 0 Å². The second-order valence-corrected chi connectivity index (χ2v) is 4.82. The van der Waals surface area contributed by atoms with Gasteiger partial charge in [0.2, 0.25) is 0 Å². The molecule has 0 unspecified atom stereocenters. The Morgan fingerprint density at radius 1 is 0.947 bits per heavy atom. The molecule has 0 radical (unpaired) electrons. The average Bonchev–Trinajstić information content (AvgIpc) is 2.49. The standard InChI is InChI=1S/C17H21NO/c1-18-17(19,16-12-6-3-7-13-16)14-8-11-15-9-4-2-5-10-15/h2-7,9-10,12-13,18-19H,8,11,14H2,1H3/t17-/m1/s1. The molecule has 0 aliphatic carbocycles. The van der Waals surface area contributed by atoms with Crippen LogP contribution in [-0.4, -0.2) is 12.2 Å². The lowest BCUT2D eigenvalue weighted by atomic mass is 9.95. The van der Waals surface area contributed by atoms with Crippen LogP contribution in [0.5, 0.6) is 0 Å². The fourth-order valence-corrected chi connectivity index (χ4v) is 2.32. The van der Waals surface area contributed by atoms with Gasteiger partial charge in [-0.05, 0) is 37.4 Å². The molecule has 0 aliphatic heterocycles. The fourth-order valence-electron chi connectivity index (χ4n) is 2.32. The molecule has 0 heterocycles. The quantitative estimate of drug-likeness (QED) is 0.777. The predicted molar refractivity (Wildman–Crippen MR) is 78.8 cm³/mol. The van der Waals surface area contributed by atoms with Crippen LogP contribution in [0.4, 0.5) is 0 Å². The lowest BCUT2D eigenvalue weighted by Gasteiger charge is -2.28. The smallest absolute Gasteiger partial charge is 0.141 e. The van der Waals surface area contributed by atoms with E-state index in [0.717, 1.165) is 18.4 Å². The van der Waals surface area contributed by atoms with E-state index in [1.54, 1.807) is 7.05 Å². The summed E-state index contributed by atoms with van der Waals surface area (Å²) in [4.78, 5) is 0. The van der Waals surface area contributed by atoms with E-state index in [1.165, 1.54) is 5.56 Å². The highest BCUT2D eigenvalue weighted by Gasteiger charge is 2.25. The van der Waals surface area contributed by atoms with Crippen molar-refractivity contribution in [1.82, 2.24) is 5.32 Å². The minimum Gasteiger partial charge on any atom is -0.372 e. The van der Waals surface area contributed by atoms with Gasteiger partial charge >= 0.3 is 0 Å². The first kappa shape index (κ1) is 13.8. The molecule has 100 valence electrons. The van der Waals surface area contributed by atoms with E-state index in [4.69, 9.17) is 0 Å². The van der Waals surface area contributed by atoms with Crippen LogP contribution < -0.4 is 5.32 Å². The lowest BCUT2D eigenvalue weighted by Crippen LogP contribution is -2.39. The maximum atomic E-state index is 10.7. The zero-order valence-electron chi connectivity index (χ0n) is 11.3. The molecule has 2 aromatic carbocycles. The SMILES string of the molecule is CN[C@@](O)(CCCc1ccccc1)c1ccccc1. The molecule has 0 aromatic heterocycles. The minimum atomic E-state index is -0.934. The van der Waals surface area contributed by atoms with Crippen molar-refractivity contribution in [3.8, 4) is 0 Å². The van der Waals surface area contributed by atoms with Gasteiger partial charge in [0, 0.05) is 0 Å². The normalized spacial score (nSPS) is 14.0. The number of aliphatic hydroxyl groups is 1. The van der Waals surface area contributed by atoms with Gasteiger partial charge in [0.05, 0.1) is 0 Å². The van der Waals surface area contributed by atoms with Crippen molar-refractivity contribution >= 4 is 0 Å². The topological polar surface area (TPSA) is 32.3 Å². The Morgan fingerprint density at radius 3 is 2.11 bits per heavy atom. The summed E-state index contributed by atoms with van der Waals surface area (Å²) < 4.78 is 0. The predicted octanol–water partition coefficient (Wildman–Crippen LogP) is 3.07. The largest absolute Gasteiger partial charge is 0.372 e. The van der Waals surface area contributed by atoms with Crippen molar-refractivity contribution in [3.05, 3.63) is 71.8 Å². The molecular formula is C17H21NO. The Labute approximate surface area is 115 Å². The van der Waals surface area contributed by atoms with Gasteiger partial charge < -0.3 is 5.11 Å². The van der Waals surface area contributed by atoms with Crippen LogP contribution in [0.3, 0.4) is 0 Å². The summed E-state index contributed by atoms with van der Waals surface area (Å²) >= 11 is 0. The summed E-state index contributed by atoms with van der Waals surface area (Å²) in [7, 11) is 1.80. The first-order valence-corrected chi connectivity index (χ1v) is 6.75. The van der Waals surface area contributed by atoms with Crippen molar-refractivity contribution in [3.63, 3.8) is 0 Å². The molecule has 0 saturated heterocycles. The van der Waals surface area contributed by atoms with E-state index >= 15 is 0 Å². The maximum Gasteiger partial charge on any atom is 0.141 e. The van der Waals surface area contributed by atoms with Gasteiger partial charge in [0.25, 0.3) is 0 Å². The van der Waals surface area contributed by atoms with Crippen molar-refractivity contribution in [2.45, 2.75) is 25.0 Å². The number of aryl methyl sites for hydroxylation is 1. The van der Waals surface area contributed by atoms with E-state index in [1.807, 2.05) is 36.4 Å². The van der Waals surface area contributed by atoms with Crippen LogP contribution in [0.15, 0.2) is 60.7 Å². The Kier molecular flexibility index (Phi) is 4.72. The van der Waals surface area contributed by atoms with Crippen molar-refractivity contribution in [1.29, 1.82) is 0 Å². The molecular weight excluding hydrogens is 234 g/mol. The van der Waals surface area contributed by atoms with E-state index in [0.29, 0.717) is 6.42 Å². The van der Waals surface area contributed by atoms with Crippen LogP contribution in [0.25, 0.3) is 0 Å². The molecule has 0 saturated carbocycles. The van der Waals surface area contributed by atoms with E-state index in [-0.39, 0.29) is 0 Å². The Hall–Kier alpha value is -1.64. The Balaban J connectivity index is 1.96. The summed E-state index contributed by atoms with van der Waals surface area (Å²) in [6.07, 6.45) is 2.62. The van der Waals surface area contributed by atoms with Gasteiger partial charge in [0.15, 0.2) is 0 Å². The van der Waals surface area contributed by atoms with E-state index in [2.05, 4.69) is 29.6 Å². The van der Waals surface area contributed by atoms with E-state index < -0.39 is 5.72 Å². The molecule has 2 heteroatoms. The molecule has 0 fully saturated rings. The van der Waals surface area contributed by atoms with Gasteiger partial charge in [0.1, 0.15) is 5.72 Å². The second kappa shape index (κ2) is 6.50. The molecule has 0 bridgehead atoms. The van der Waals surface area contributed by atoms with E-state index in [9.17, 15) is 5.11 Å². The Bertz CT molecular complexity index is 483. The van der Waals surface area contributed by atoms with Crippen molar-refractivity contribution < 1.29 is 5.11 Å². The Morgan fingerprint density at radius 2 is 1.53 bits per heavy atom. The van der Waals surface area contributed by atoms with Gasteiger partial charge in [-0.25, -0.2) is 0 Å². The number of hydrogen-bond donors (Lipinski definition) is 2. The van der Waals surface area contributed by atoms with Crippen molar-refractivity contribution in [2.75, 3.05) is 7.05 Å². The maximum absolute atomic E-state index is 10.7. The first-order chi connectivity index (χ1) is 9.24. The molecule has 2 N–H and O–H groups in total. The molecule has 0 amide bonds. The summed E-state index contributed by atoms with van der Waals surface area (Å²) in [5, 5.41) is 13.7. The van der Waals surface area contributed by atoms with Gasteiger partial charge in [-0.2, -0.15) is 0 Å². The highest BCUT2D eigenvalue weighted by Crippen LogP contribution is 2.23. The summed E-state index contributed by atoms with van der Waals surface area (Å²) in [6, 6.07) is 20.2. The van der Waals surface area contributed by atoms with Crippen LogP contribution in [-0.2, 0) is 12.1 Å². The van der Waals surface area contributed by atoms with Gasteiger partial charge in [-0.15, -0.1) is 0 Å². The zero-order chi connectivity index (χ0) is 13.6. The molecule has 19 heavy (non-hydrogen) atoms. The molecule has 2 nitrogen and oxygen atoms in total. The number of nitrogens with one attached hydrogen (secondary N) is 1. The first-order valence-electron chi connectivity index (χ1n) is 6.75. The van der Waals surface area contributed by atoms with Crippen LogP contribution in [0.1, 0.15) is 24.0 Å². The van der Waals surface area contributed by atoms with Gasteiger partial charge in [-0.3, -0.25) is 5.32 Å². The number of rotatable bonds is 6. The second-order valence-electron chi connectivity index (χ2n) is 4.82. The third-order valence-electron chi connectivity index (χ3n) is 3.51. The lowest BCUT2D eigenvalue weighted by molar-refractivity contribution is -0.00243. The molecule has 2 aromatic rings. The monoisotopic (exact) mass is 255 g/mol. The van der Waals surface area contributed by atoms with Crippen LogP contribution in [0.2, 0.25) is 0 Å². The zero-order valence-corrected chi connectivity index (χ0v) is 11.3. The summed E-state index contributed by atoms with van der Waals surface area (Å²) in [6.45, 7) is 0. The summed E-state index contributed by atoms with van der Waals surface area (Å²) in [5.41, 5.74) is 1.30. The molecule has 1 atom stereocenters. The van der Waals surface area contributed by atoms with Crippen LogP contribution >= 0.6 is 0 Å². The highest BCUT2D eigenvalue weighted by molar-refractivity contribution is 5.21. The molecule has 0 spiro atoms. The van der Waals surface area contributed by atoms with Gasteiger partial charge in [-0.1, -0.05) is 60.7 Å². The van der Waals surface area contributed by atoms with Crippen LogP contribution in [0, 0.1) is 0 Å². The minimum absolute atomic E-state index is 0.697. The number of hydrogen-bond acceptors (Lipinski definition) is 2.